The molecular weight excluding hydrogens is 426 g/mol. The molecule has 0 aliphatic heterocycles. The Morgan fingerprint density at radius 2 is 1.85 bits per heavy atom. The smallest absolute Gasteiger partial charge is 0.292 e. The van der Waals surface area contributed by atoms with Crippen molar-refractivity contribution in [2.24, 2.45) is 0 Å². The van der Waals surface area contributed by atoms with Gasteiger partial charge in [-0.25, -0.2) is 4.63 Å². The van der Waals surface area contributed by atoms with Crippen molar-refractivity contribution < 1.29 is 14.2 Å². The molecule has 0 atom stereocenters. The second-order valence-electron chi connectivity index (χ2n) is 6.86. The van der Waals surface area contributed by atoms with Crippen LogP contribution in [0.3, 0.4) is 0 Å². The van der Waals surface area contributed by atoms with Gasteiger partial charge in [0.25, 0.3) is 5.91 Å². The summed E-state index contributed by atoms with van der Waals surface area (Å²) in [5, 5.41) is 18.0. The van der Waals surface area contributed by atoms with Crippen LogP contribution in [-0.4, -0.2) is 37.1 Å². The Bertz CT molecular complexity index is 1330. The molecule has 0 saturated heterocycles. The molecule has 0 aliphatic rings. The number of nitrogen functional groups attached to an aromatic ring is 1. The van der Waals surface area contributed by atoms with Gasteiger partial charge in [-0.15, -0.1) is 5.10 Å². The molecule has 166 valence electrons. The van der Waals surface area contributed by atoms with Gasteiger partial charge in [-0.1, -0.05) is 54.3 Å². The topological polar surface area (TPSA) is 166 Å². The minimum absolute atomic E-state index is 0.00501. The van der Waals surface area contributed by atoms with Crippen molar-refractivity contribution in [2.45, 2.75) is 6.92 Å². The average Bonchev–Trinajstić information content (AvgIpc) is 3.43. The van der Waals surface area contributed by atoms with Crippen molar-refractivity contribution in [1.82, 2.24) is 36.2 Å². The zero-order chi connectivity index (χ0) is 23.4. The summed E-state index contributed by atoms with van der Waals surface area (Å²) in [7, 11) is 0. The van der Waals surface area contributed by atoms with E-state index in [0.717, 1.165) is 0 Å². The predicted octanol–water partition coefficient (Wildman–Crippen LogP) is 1.76. The highest BCUT2D eigenvalue weighted by Gasteiger charge is 2.25. The molecule has 0 bridgehead atoms. The molecule has 0 aliphatic carbocycles. The Kier molecular flexibility index (Phi) is 5.80. The van der Waals surface area contributed by atoms with Crippen molar-refractivity contribution >= 4 is 29.0 Å². The lowest BCUT2D eigenvalue weighted by Gasteiger charge is -2.12. The second-order valence-corrected chi connectivity index (χ2v) is 6.86. The maximum Gasteiger partial charge on any atom is 0.292 e. The SMILES string of the molecule is C=C(NNC(=O)c1nnn(-c2nonc2N)c1-c1ccccc1)c1cccc(NC(C)=O)c1. The van der Waals surface area contributed by atoms with Crippen LogP contribution in [-0.2, 0) is 4.79 Å². The van der Waals surface area contributed by atoms with E-state index in [1.807, 2.05) is 6.07 Å². The zero-order valence-electron chi connectivity index (χ0n) is 17.4. The maximum absolute atomic E-state index is 13.0. The number of benzene rings is 2. The molecule has 0 fully saturated rings. The molecule has 33 heavy (non-hydrogen) atoms. The van der Waals surface area contributed by atoms with E-state index in [9.17, 15) is 9.59 Å². The third-order valence-corrected chi connectivity index (χ3v) is 4.49. The van der Waals surface area contributed by atoms with Crippen LogP contribution in [0.1, 0.15) is 23.0 Å². The van der Waals surface area contributed by atoms with Crippen LogP contribution in [0.25, 0.3) is 22.8 Å². The zero-order valence-corrected chi connectivity index (χ0v) is 17.4. The Labute approximate surface area is 187 Å². The van der Waals surface area contributed by atoms with Crippen LogP contribution < -0.4 is 21.9 Å². The third-order valence-electron chi connectivity index (χ3n) is 4.49. The van der Waals surface area contributed by atoms with Gasteiger partial charge in [0.1, 0.15) is 5.69 Å². The van der Waals surface area contributed by atoms with E-state index in [4.69, 9.17) is 5.73 Å². The molecule has 12 heteroatoms. The molecule has 2 heterocycles. The Morgan fingerprint density at radius 1 is 1.06 bits per heavy atom. The number of nitrogens with one attached hydrogen (secondary N) is 3. The van der Waals surface area contributed by atoms with E-state index in [1.54, 1.807) is 48.5 Å². The Balaban J connectivity index is 1.58. The van der Waals surface area contributed by atoms with Gasteiger partial charge in [-0.3, -0.25) is 20.4 Å². The van der Waals surface area contributed by atoms with E-state index >= 15 is 0 Å². The van der Waals surface area contributed by atoms with Gasteiger partial charge in [0, 0.05) is 23.7 Å². The highest BCUT2D eigenvalue weighted by atomic mass is 16.6. The van der Waals surface area contributed by atoms with Gasteiger partial charge < -0.3 is 11.1 Å². The molecule has 12 nitrogen and oxygen atoms in total. The van der Waals surface area contributed by atoms with Crippen LogP contribution in [0.5, 0.6) is 0 Å². The monoisotopic (exact) mass is 445 g/mol. The minimum atomic E-state index is -0.575. The summed E-state index contributed by atoms with van der Waals surface area (Å²) in [5.74, 6) is -0.671. The van der Waals surface area contributed by atoms with Crippen molar-refractivity contribution in [3.05, 3.63) is 72.4 Å². The van der Waals surface area contributed by atoms with Gasteiger partial charge in [0.05, 0.1) is 5.70 Å². The number of aromatic nitrogens is 5. The first-order chi connectivity index (χ1) is 15.9. The molecule has 5 N–H and O–H groups in total. The summed E-state index contributed by atoms with van der Waals surface area (Å²) in [4.78, 5) is 24.3. The summed E-state index contributed by atoms with van der Waals surface area (Å²) in [6.07, 6.45) is 0. The Morgan fingerprint density at radius 3 is 2.55 bits per heavy atom. The fraction of sp³-hybridized carbons (Fsp3) is 0.0476. The van der Waals surface area contributed by atoms with E-state index in [-0.39, 0.29) is 23.2 Å². The van der Waals surface area contributed by atoms with Crippen LogP contribution in [0, 0.1) is 0 Å². The van der Waals surface area contributed by atoms with Gasteiger partial charge in [0.15, 0.2) is 5.69 Å². The number of hydrogen-bond donors (Lipinski definition) is 4. The number of carbonyl (C=O) groups excluding carboxylic acids is 2. The maximum atomic E-state index is 13.0. The first kappa shape index (κ1) is 21.2. The summed E-state index contributed by atoms with van der Waals surface area (Å²) < 4.78 is 5.94. The van der Waals surface area contributed by atoms with E-state index < -0.39 is 5.91 Å². The second kappa shape index (κ2) is 9.01. The minimum Gasteiger partial charge on any atom is -0.378 e. The van der Waals surface area contributed by atoms with Crippen molar-refractivity contribution in [2.75, 3.05) is 11.1 Å². The van der Waals surface area contributed by atoms with Gasteiger partial charge >= 0.3 is 0 Å². The van der Waals surface area contributed by atoms with Crippen molar-refractivity contribution in [1.29, 1.82) is 0 Å². The van der Waals surface area contributed by atoms with Crippen molar-refractivity contribution in [3.63, 3.8) is 0 Å². The van der Waals surface area contributed by atoms with Crippen LogP contribution >= 0.6 is 0 Å². The number of nitrogens with two attached hydrogens (primary N) is 1. The standard InChI is InChI=1S/C21H19N9O3/c1-12(15-9-6-10-16(11-15)23-13(2)31)24-26-21(32)17-18(14-7-4-3-5-8-14)30(29-25-17)20-19(22)27-33-28-20/h3-11,24H,1H2,2H3,(H2,22,27)(H,23,31)(H,26,32). The predicted molar refractivity (Wildman–Crippen MR) is 119 cm³/mol. The quantitative estimate of drug-likeness (QED) is 0.310. The largest absolute Gasteiger partial charge is 0.378 e. The molecule has 0 saturated carbocycles. The summed E-state index contributed by atoms with van der Waals surface area (Å²) in [6.45, 7) is 5.34. The highest BCUT2D eigenvalue weighted by molar-refractivity contribution is 5.98. The lowest BCUT2D eigenvalue weighted by Crippen LogP contribution is -2.36. The van der Waals surface area contributed by atoms with Gasteiger partial charge in [0.2, 0.25) is 17.5 Å². The number of anilines is 2. The number of amides is 2. The lowest BCUT2D eigenvalue weighted by atomic mass is 10.1. The molecule has 4 rings (SSSR count). The third kappa shape index (κ3) is 4.54. The molecule has 2 aromatic carbocycles. The highest BCUT2D eigenvalue weighted by Crippen LogP contribution is 2.26. The molecule has 0 spiro atoms. The number of hydrogen-bond acceptors (Lipinski definition) is 9. The van der Waals surface area contributed by atoms with Gasteiger partial charge in [-0.2, -0.15) is 4.68 Å². The molecule has 4 aromatic rings. The van der Waals surface area contributed by atoms with Crippen molar-refractivity contribution in [3.8, 4) is 17.1 Å². The molecule has 2 aromatic heterocycles. The first-order valence-corrected chi connectivity index (χ1v) is 9.67. The van der Waals surface area contributed by atoms with E-state index in [1.165, 1.54) is 11.6 Å². The summed E-state index contributed by atoms with van der Waals surface area (Å²) >= 11 is 0. The Hall–Kier alpha value is -5.00. The normalized spacial score (nSPS) is 10.5. The van der Waals surface area contributed by atoms with Crippen LogP contribution in [0.4, 0.5) is 11.5 Å². The molecule has 2 amide bonds. The van der Waals surface area contributed by atoms with E-state index in [2.05, 4.69) is 48.0 Å². The number of hydrazine groups is 1. The fourth-order valence-corrected chi connectivity index (χ4v) is 3.03. The summed E-state index contributed by atoms with van der Waals surface area (Å²) in [5.41, 5.74) is 13.8. The first-order valence-electron chi connectivity index (χ1n) is 9.67. The van der Waals surface area contributed by atoms with E-state index in [0.29, 0.717) is 28.2 Å². The van der Waals surface area contributed by atoms with Crippen LogP contribution in [0.2, 0.25) is 0 Å². The van der Waals surface area contributed by atoms with Gasteiger partial charge in [-0.05, 0) is 22.4 Å². The number of carbonyl (C=O) groups is 2. The number of rotatable bonds is 7. The van der Waals surface area contributed by atoms with Crippen LogP contribution in [0.15, 0.2) is 65.8 Å². The molecule has 0 radical (unpaired) electrons. The fourth-order valence-electron chi connectivity index (χ4n) is 3.03. The summed E-state index contributed by atoms with van der Waals surface area (Å²) in [6, 6.07) is 16.0. The molecular formula is C21H19N9O3. The average molecular weight is 445 g/mol. The number of nitrogens with zero attached hydrogens (tertiary/aromatic N) is 5. The lowest BCUT2D eigenvalue weighted by molar-refractivity contribution is -0.114. The molecule has 0 unspecified atom stereocenters.